The average Bonchev–Trinajstić information content (AvgIpc) is 3.41. The molecule has 0 spiro atoms. The van der Waals surface area contributed by atoms with Crippen molar-refractivity contribution in [3.05, 3.63) is 139 Å². The van der Waals surface area contributed by atoms with E-state index in [2.05, 4.69) is 79.7 Å². The lowest BCUT2D eigenvalue weighted by Gasteiger charge is -2.08. The minimum Gasteiger partial charge on any atom is -0.454 e. The highest BCUT2D eigenvalue weighted by Gasteiger charge is 2.23. The van der Waals surface area contributed by atoms with Gasteiger partial charge in [-0.05, 0) is 52.4 Å². The monoisotopic (exact) mass is 528 g/mol. The fraction of sp³-hybridized carbons (Fsp3) is 0.0526. The second kappa shape index (κ2) is 9.93. The van der Waals surface area contributed by atoms with Crippen LogP contribution in [0.3, 0.4) is 0 Å². The van der Waals surface area contributed by atoms with Crippen molar-refractivity contribution in [1.82, 2.24) is 0 Å². The van der Waals surface area contributed by atoms with Crippen molar-refractivity contribution in [2.45, 2.75) is 6.92 Å². The van der Waals surface area contributed by atoms with Gasteiger partial charge >= 0.3 is 0 Å². The van der Waals surface area contributed by atoms with Crippen LogP contribution in [0.2, 0.25) is 0 Å². The Hall–Kier alpha value is -5.46. The fourth-order valence-corrected chi connectivity index (χ4v) is 5.72. The summed E-state index contributed by atoms with van der Waals surface area (Å²) in [5, 5.41) is 12.1. The lowest BCUT2D eigenvalue weighted by atomic mass is 9.94. The van der Waals surface area contributed by atoms with Gasteiger partial charge in [-0.2, -0.15) is 5.26 Å². The number of hydrogen-bond acceptors (Lipinski definition) is 2. The second-order valence-electron chi connectivity index (χ2n) is 10.3. The quantitative estimate of drug-likeness (QED) is 0.214. The molecular weight excluding hydrogens is 500 g/mol. The summed E-state index contributed by atoms with van der Waals surface area (Å²) in [7, 11) is 1.92. The smallest absolute Gasteiger partial charge is 0.216 e. The summed E-state index contributed by atoms with van der Waals surface area (Å²) < 4.78 is 17.4. The maximum Gasteiger partial charge on any atom is 0.216 e. The Morgan fingerprint density at radius 1 is 0.634 bits per heavy atom. The van der Waals surface area contributed by atoms with Crippen LogP contribution in [-0.2, 0) is 7.05 Å². The van der Waals surface area contributed by atoms with E-state index in [4.69, 9.17) is 5.79 Å². The molecule has 0 aliphatic carbocycles. The molecule has 41 heavy (non-hydrogen) atoms. The van der Waals surface area contributed by atoms with E-state index in [1.54, 1.807) is 0 Å². The molecule has 3 heteroatoms. The molecule has 3 nitrogen and oxygen atoms in total. The molecule has 0 aliphatic heterocycles. The summed E-state index contributed by atoms with van der Waals surface area (Å²) >= 11 is 0. The van der Waals surface area contributed by atoms with Crippen LogP contribution < -0.4 is 4.57 Å². The number of nitriles is 1. The molecule has 0 fully saturated rings. The molecule has 0 bridgehead atoms. The predicted octanol–water partition coefficient (Wildman–Crippen LogP) is 9.26. The number of aryl methyl sites for hydroxylation is 1. The van der Waals surface area contributed by atoms with Gasteiger partial charge in [0.2, 0.25) is 5.69 Å². The molecule has 7 aromatic rings. The van der Waals surface area contributed by atoms with Crippen molar-refractivity contribution in [3.8, 4) is 50.7 Å². The number of hydrogen-bond donors (Lipinski definition) is 0. The van der Waals surface area contributed by atoms with Crippen LogP contribution in [0.1, 0.15) is 12.5 Å². The Balaban J connectivity index is 1.47. The van der Waals surface area contributed by atoms with Crippen LogP contribution >= 0.6 is 0 Å². The minimum atomic E-state index is 0.407. The van der Waals surface area contributed by atoms with Crippen LogP contribution in [0, 0.1) is 18.3 Å². The summed E-state index contributed by atoms with van der Waals surface area (Å²) in [6.45, 7) is 2.07. The van der Waals surface area contributed by atoms with Crippen molar-refractivity contribution in [1.29, 1.82) is 5.26 Å². The summed E-state index contributed by atoms with van der Waals surface area (Å²) in [6, 6.07) is 43.2. The maximum absolute atomic E-state index is 10.1. The summed E-state index contributed by atoms with van der Waals surface area (Å²) in [4.78, 5) is 0. The fourth-order valence-electron chi connectivity index (χ4n) is 5.72. The molecule has 194 valence electrons. The van der Waals surface area contributed by atoms with E-state index < -0.39 is 0 Å². The van der Waals surface area contributed by atoms with E-state index in [-0.39, 0.29) is 0 Å². The zero-order chi connectivity index (χ0) is 28.8. The van der Waals surface area contributed by atoms with Crippen LogP contribution in [0.5, 0.6) is 0 Å². The number of aromatic nitrogens is 1. The highest BCUT2D eigenvalue weighted by Crippen LogP contribution is 2.42. The standard InChI is InChI=1S/C38H27N2O/c1-25-13-19-32-33-20-18-31(24-39)36(29-16-14-28(15-17-29)26-9-5-3-6-10-26)38(33)41-37(32)35(25)34-23-30(21-22-40(34)2)27-11-7-4-8-12-27/h3-23H,1-2H3/q+1/i22D. The van der Waals surface area contributed by atoms with Gasteiger partial charge in [-0.3, -0.25) is 0 Å². The molecular formula is C38H27N2O+. The molecule has 0 N–H and O–H groups in total. The molecule has 0 radical (unpaired) electrons. The second-order valence-corrected chi connectivity index (χ2v) is 10.3. The van der Waals surface area contributed by atoms with E-state index in [0.29, 0.717) is 17.3 Å². The molecule has 0 saturated heterocycles. The highest BCUT2D eigenvalue weighted by atomic mass is 16.3. The summed E-state index contributed by atoms with van der Waals surface area (Å²) in [6.07, 6.45) is 0.407. The predicted molar refractivity (Wildman–Crippen MR) is 166 cm³/mol. The van der Waals surface area contributed by atoms with Crippen LogP contribution in [-0.4, -0.2) is 0 Å². The third-order valence-electron chi connectivity index (χ3n) is 7.85. The van der Waals surface area contributed by atoms with Crippen molar-refractivity contribution < 1.29 is 10.4 Å². The Labute approximate surface area is 240 Å². The van der Waals surface area contributed by atoms with Crippen LogP contribution in [0.15, 0.2) is 132 Å². The van der Waals surface area contributed by atoms with Gasteiger partial charge in [0.05, 0.1) is 17.2 Å². The molecule has 0 atom stereocenters. The SMILES string of the molecule is [2H]c1cc(-c2ccccc2)cc(-c2c(C)ccc3c2oc2c(-c4ccc(-c5ccccc5)cc4)c(C#N)ccc23)[n+]1C. The molecule has 0 unspecified atom stereocenters. The molecule has 7 rings (SSSR count). The van der Waals surface area contributed by atoms with Crippen LogP contribution in [0.4, 0.5) is 0 Å². The Morgan fingerprint density at radius 2 is 1.20 bits per heavy atom. The van der Waals surface area contributed by atoms with Crippen molar-refractivity contribution in [2.24, 2.45) is 7.05 Å². The number of benzene rings is 5. The van der Waals surface area contributed by atoms with Gasteiger partial charge in [-0.25, -0.2) is 4.57 Å². The molecule has 0 aliphatic rings. The van der Waals surface area contributed by atoms with Gasteiger partial charge in [-0.15, -0.1) is 0 Å². The van der Waals surface area contributed by atoms with Crippen molar-refractivity contribution >= 4 is 21.9 Å². The van der Waals surface area contributed by atoms with E-state index in [1.807, 2.05) is 66.2 Å². The first-order valence-corrected chi connectivity index (χ1v) is 13.6. The van der Waals surface area contributed by atoms with Crippen molar-refractivity contribution in [3.63, 3.8) is 0 Å². The molecule has 0 amide bonds. The van der Waals surface area contributed by atoms with Gasteiger partial charge in [-0.1, -0.05) is 97.1 Å². The van der Waals surface area contributed by atoms with E-state index in [0.717, 1.165) is 66.6 Å². The van der Waals surface area contributed by atoms with Gasteiger partial charge < -0.3 is 4.42 Å². The van der Waals surface area contributed by atoms with E-state index in [1.165, 1.54) is 0 Å². The summed E-state index contributed by atoms with van der Waals surface area (Å²) in [5.41, 5.74) is 10.9. The van der Waals surface area contributed by atoms with E-state index >= 15 is 0 Å². The number of nitrogens with zero attached hydrogens (tertiary/aromatic N) is 2. The lowest BCUT2D eigenvalue weighted by Crippen LogP contribution is -2.30. The average molecular weight is 529 g/mol. The number of fused-ring (bicyclic) bond motifs is 3. The van der Waals surface area contributed by atoms with Gasteiger partial charge in [0.1, 0.15) is 19.6 Å². The van der Waals surface area contributed by atoms with Gasteiger partial charge in [0.15, 0.2) is 6.17 Å². The largest absolute Gasteiger partial charge is 0.454 e. The Kier molecular flexibility index (Phi) is 5.68. The Morgan fingerprint density at radius 3 is 1.85 bits per heavy atom. The highest BCUT2D eigenvalue weighted by molar-refractivity contribution is 6.14. The van der Waals surface area contributed by atoms with Crippen LogP contribution in [0.25, 0.3) is 66.6 Å². The molecule has 2 aromatic heterocycles. The lowest BCUT2D eigenvalue weighted by molar-refractivity contribution is -0.660. The Bertz CT molecular complexity index is 2160. The first-order chi connectivity index (χ1) is 20.5. The van der Waals surface area contributed by atoms with Gasteiger partial charge in [0.25, 0.3) is 0 Å². The van der Waals surface area contributed by atoms with Crippen molar-refractivity contribution in [2.75, 3.05) is 0 Å². The molecule has 2 heterocycles. The molecule has 5 aromatic carbocycles. The molecule has 0 saturated carbocycles. The number of pyridine rings is 1. The zero-order valence-corrected chi connectivity index (χ0v) is 22.8. The summed E-state index contributed by atoms with van der Waals surface area (Å²) in [5.74, 6) is 0. The number of furan rings is 1. The topological polar surface area (TPSA) is 40.8 Å². The van der Waals surface area contributed by atoms with Gasteiger partial charge in [0, 0.05) is 28.5 Å². The zero-order valence-electron chi connectivity index (χ0n) is 23.8. The number of rotatable bonds is 4. The third kappa shape index (κ3) is 4.18. The maximum atomic E-state index is 10.1. The first-order valence-electron chi connectivity index (χ1n) is 14.1. The minimum absolute atomic E-state index is 0.407. The van der Waals surface area contributed by atoms with E-state index in [9.17, 15) is 5.26 Å². The first kappa shape index (κ1) is 23.4. The third-order valence-corrected chi connectivity index (χ3v) is 7.85. The normalized spacial score (nSPS) is 11.5.